The molecule has 1 aromatic rings. The second-order valence-corrected chi connectivity index (χ2v) is 5.67. The lowest BCUT2D eigenvalue weighted by Gasteiger charge is -2.19. The fraction of sp³-hybridized carbons (Fsp3) is 0.750. The van der Waals surface area contributed by atoms with Crippen LogP contribution in [0.5, 0.6) is 0 Å². The average Bonchev–Trinajstić information content (AvgIpc) is 2.67. The van der Waals surface area contributed by atoms with E-state index in [1.54, 1.807) is 0 Å². The zero-order chi connectivity index (χ0) is 13.0. The smallest absolute Gasteiger partial charge is 0.222 e. The molecule has 0 bridgehead atoms. The molecule has 18 heavy (non-hydrogen) atoms. The van der Waals surface area contributed by atoms with Gasteiger partial charge in [0.2, 0.25) is 5.91 Å². The standard InChI is InChI=1S/C12H20N4OS/c1-2-3-9-4-5-11(17)16(7-6-9)8-10-12(13)18-15-14-10/h9H,2-8,13H2,1H3. The third-order valence-corrected chi connectivity index (χ3v) is 4.14. The highest BCUT2D eigenvalue weighted by Crippen LogP contribution is 2.24. The first-order valence-electron chi connectivity index (χ1n) is 6.55. The van der Waals surface area contributed by atoms with E-state index in [1.165, 1.54) is 24.4 Å². The van der Waals surface area contributed by atoms with Gasteiger partial charge in [-0.25, -0.2) is 0 Å². The minimum Gasteiger partial charge on any atom is -0.388 e. The highest BCUT2D eigenvalue weighted by atomic mass is 32.1. The number of carbonyl (C=O) groups excluding carboxylic acids is 1. The summed E-state index contributed by atoms with van der Waals surface area (Å²) in [6.07, 6.45) is 5.19. The molecule has 0 radical (unpaired) electrons. The molecule has 5 nitrogen and oxygen atoms in total. The molecule has 0 aliphatic carbocycles. The number of carbonyl (C=O) groups is 1. The van der Waals surface area contributed by atoms with Gasteiger partial charge < -0.3 is 10.6 Å². The molecule has 2 rings (SSSR count). The summed E-state index contributed by atoms with van der Waals surface area (Å²) in [6, 6.07) is 0. The van der Waals surface area contributed by atoms with Crippen molar-refractivity contribution in [1.82, 2.24) is 14.5 Å². The molecule has 0 aromatic carbocycles. The number of aromatic nitrogens is 2. The van der Waals surface area contributed by atoms with Crippen LogP contribution in [0.4, 0.5) is 5.00 Å². The summed E-state index contributed by atoms with van der Waals surface area (Å²) in [5.74, 6) is 0.913. The lowest BCUT2D eigenvalue weighted by atomic mass is 9.96. The number of likely N-dealkylation sites (tertiary alicyclic amines) is 1. The Bertz CT molecular complexity index is 407. The second kappa shape index (κ2) is 6.13. The summed E-state index contributed by atoms with van der Waals surface area (Å²) in [5, 5.41) is 4.60. The topological polar surface area (TPSA) is 72.1 Å². The summed E-state index contributed by atoms with van der Waals surface area (Å²) >= 11 is 1.19. The van der Waals surface area contributed by atoms with E-state index < -0.39 is 0 Å². The van der Waals surface area contributed by atoms with Gasteiger partial charge in [-0.2, -0.15) is 0 Å². The Balaban J connectivity index is 1.96. The first-order chi connectivity index (χ1) is 8.70. The Hall–Kier alpha value is -1.17. The van der Waals surface area contributed by atoms with Crippen LogP contribution in [0.2, 0.25) is 0 Å². The van der Waals surface area contributed by atoms with Crippen LogP contribution < -0.4 is 5.73 Å². The molecule has 0 saturated carbocycles. The molecule has 100 valence electrons. The number of anilines is 1. The maximum absolute atomic E-state index is 12.0. The van der Waals surface area contributed by atoms with Gasteiger partial charge in [0.15, 0.2) is 0 Å². The number of nitrogens with zero attached hydrogens (tertiary/aromatic N) is 3. The van der Waals surface area contributed by atoms with E-state index >= 15 is 0 Å². The van der Waals surface area contributed by atoms with E-state index in [9.17, 15) is 4.79 Å². The van der Waals surface area contributed by atoms with Gasteiger partial charge in [-0.1, -0.05) is 24.3 Å². The van der Waals surface area contributed by atoms with Crippen LogP contribution in [0.25, 0.3) is 0 Å². The number of amides is 1. The van der Waals surface area contributed by atoms with Gasteiger partial charge in [-0.15, -0.1) is 5.10 Å². The number of hydrogen-bond donors (Lipinski definition) is 1. The highest BCUT2D eigenvalue weighted by molar-refractivity contribution is 7.09. The van der Waals surface area contributed by atoms with Gasteiger partial charge >= 0.3 is 0 Å². The quantitative estimate of drug-likeness (QED) is 0.907. The van der Waals surface area contributed by atoms with Crippen LogP contribution in [-0.4, -0.2) is 26.9 Å². The summed E-state index contributed by atoms with van der Waals surface area (Å²) < 4.78 is 3.81. The molecule has 1 aliphatic heterocycles. The average molecular weight is 268 g/mol. The molecule has 6 heteroatoms. The molecule has 1 aromatic heterocycles. The van der Waals surface area contributed by atoms with Crippen LogP contribution in [0.1, 0.15) is 44.7 Å². The Kier molecular flexibility index (Phi) is 4.52. The van der Waals surface area contributed by atoms with E-state index in [-0.39, 0.29) is 5.91 Å². The van der Waals surface area contributed by atoms with Crippen LogP contribution in [0.15, 0.2) is 0 Å². The van der Waals surface area contributed by atoms with Gasteiger partial charge in [0, 0.05) is 24.5 Å². The van der Waals surface area contributed by atoms with Crippen LogP contribution in [-0.2, 0) is 11.3 Å². The normalized spacial score (nSPS) is 21.1. The predicted octanol–water partition coefficient (Wildman–Crippen LogP) is 2.05. The molecule has 1 saturated heterocycles. The Morgan fingerprint density at radius 1 is 1.50 bits per heavy atom. The Morgan fingerprint density at radius 3 is 3.00 bits per heavy atom. The first-order valence-corrected chi connectivity index (χ1v) is 7.32. The zero-order valence-electron chi connectivity index (χ0n) is 10.8. The summed E-state index contributed by atoms with van der Waals surface area (Å²) in [7, 11) is 0. The zero-order valence-corrected chi connectivity index (χ0v) is 11.6. The predicted molar refractivity (Wildman–Crippen MR) is 72.0 cm³/mol. The number of rotatable bonds is 4. The fourth-order valence-electron chi connectivity index (χ4n) is 2.46. The second-order valence-electron chi connectivity index (χ2n) is 4.88. The number of nitrogens with two attached hydrogens (primary N) is 1. The molecule has 2 N–H and O–H groups in total. The molecule has 1 amide bonds. The van der Waals surface area contributed by atoms with Gasteiger partial charge in [-0.3, -0.25) is 4.79 Å². The van der Waals surface area contributed by atoms with Crippen molar-refractivity contribution in [3.63, 3.8) is 0 Å². The Morgan fingerprint density at radius 2 is 2.33 bits per heavy atom. The summed E-state index contributed by atoms with van der Waals surface area (Å²) in [5.41, 5.74) is 6.51. The minimum absolute atomic E-state index is 0.223. The van der Waals surface area contributed by atoms with Crippen molar-refractivity contribution in [1.29, 1.82) is 0 Å². The molecular formula is C12H20N4OS. The number of nitrogen functional groups attached to an aromatic ring is 1. The maximum atomic E-state index is 12.0. The van der Waals surface area contributed by atoms with Crippen LogP contribution in [0.3, 0.4) is 0 Å². The van der Waals surface area contributed by atoms with E-state index in [4.69, 9.17) is 5.73 Å². The molecule has 1 atom stereocenters. The van der Waals surface area contributed by atoms with Crippen molar-refractivity contribution in [3.8, 4) is 0 Å². The largest absolute Gasteiger partial charge is 0.388 e. The third-order valence-electron chi connectivity index (χ3n) is 3.55. The van der Waals surface area contributed by atoms with Gasteiger partial charge in [0.1, 0.15) is 10.7 Å². The fourth-order valence-corrected chi connectivity index (χ4v) is 2.90. The van der Waals surface area contributed by atoms with Crippen molar-refractivity contribution in [3.05, 3.63) is 5.69 Å². The van der Waals surface area contributed by atoms with Gasteiger partial charge in [-0.05, 0) is 18.8 Å². The van der Waals surface area contributed by atoms with Crippen molar-refractivity contribution in [2.45, 2.75) is 45.6 Å². The van der Waals surface area contributed by atoms with Crippen molar-refractivity contribution in [2.24, 2.45) is 5.92 Å². The van der Waals surface area contributed by atoms with Crippen molar-refractivity contribution < 1.29 is 4.79 Å². The lowest BCUT2D eigenvalue weighted by Crippen LogP contribution is -2.30. The third kappa shape index (κ3) is 3.19. The molecule has 1 fully saturated rings. The maximum Gasteiger partial charge on any atom is 0.222 e. The van der Waals surface area contributed by atoms with Crippen molar-refractivity contribution >= 4 is 22.4 Å². The molecule has 1 aliphatic rings. The van der Waals surface area contributed by atoms with Crippen molar-refractivity contribution in [2.75, 3.05) is 12.3 Å². The lowest BCUT2D eigenvalue weighted by molar-refractivity contribution is -0.131. The summed E-state index contributed by atoms with van der Waals surface area (Å²) in [4.78, 5) is 13.9. The molecule has 1 unspecified atom stereocenters. The van der Waals surface area contributed by atoms with E-state index in [0.717, 1.165) is 25.1 Å². The minimum atomic E-state index is 0.223. The molecular weight excluding hydrogens is 248 g/mol. The Labute approximate surface area is 112 Å². The monoisotopic (exact) mass is 268 g/mol. The SMILES string of the molecule is CCCC1CCC(=O)N(Cc2nnsc2N)CC1. The van der Waals surface area contributed by atoms with Gasteiger partial charge in [0.05, 0.1) is 6.54 Å². The molecule has 0 spiro atoms. The molecule has 2 heterocycles. The van der Waals surface area contributed by atoms with E-state index in [2.05, 4.69) is 16.5 Å². The van der Waals surface area contributed by atoms with Gasteiger partial charge in [0.25, 0.3) is 0 Å². The van der Waals surface area contributed by atoms with E-state index in [1.807, 2.05) is 4.90 Å². The van der Waals surface area contributed by atoms with Crippen LogP contribution in [0, 0.1) is 5.92 Å². The first kappa shape index (κ1) is 13.3. The number of hydrogen-bond acceptors (Lipinski definition) is 5. The summed E-state index contributed by atoms with van der Waals surface area (Å²) in [6.45, 7) is 3.53. The van der Waals surface area contributed by atoms with E-state index in [0.29, 0.717) is 23.9 Å². The van der Waals surface area contributed by atoms with Crippen LogP contribution >= 0.6 is 11.5 Å². The highest BCUT2D eigenvalue weighted by Gasteiger charge is 2.23.